The SMILES string of the molecule is CCOc1cc(NC(=O)N2CCC3CCC(C2)N3C)ccc1OC. The fourth-order valence-electron chi connectivity index (χ4n) is 3.72. The van der Waals surface area contributed by atoms with Gasteiger partial charge in [0.05, 0.1) is 13.7 Å². The van der Waals surface area contributed by atoms with Crippen LogP contribution in [0, 0.1) is 0 Å². The Balaban J connectivity index is 1.67. The number of anilines is 1. The summed E-state index contributed by atoms with van der Waals surface area (Å²) in [7, 11) is 3.79. The number of ether oxygens (including phenoxy) is 2. The van der Waals surface area contributed by atoms with Crippen LogP contribution < -0.4 is 14.8 Å². The quantitative estimate of drug-likeness (QED) is 0.920. The predicted molar refractivity (Wildman–Crippen MR) is 93.9 cm³/mol. The van der Waals surface area contributed by atoms with Gasteiger partial charge in [-0.05, 0) is 45.4 Å². The fraction of sp³-hybridized carbons (Fsp3) is 0.611. The lowest BCUT2D eigenvalue weighted by Gasteiger charge is -2.26. The second kappa shape index (κ2) is 7.30. The van der Waals surface area contributed by atoms with Crippen LogP contribution in [-0.2, 0) is 0 Å². The van der Waals surface area contributed by atoms with Crippen molar-refractivity contribution in [3.63, 3.8) is 0 Å². The molecule has 1 aromatic carbocycles. The van der Waals surface area contributed by atoms with E-state index in [9.17, 15) is 4.79 Å². The molecule has 6 nitrogen and oxygen atoms in total. The van der Waals surface area contributed by atoms with Crippen molar-refractivity contribution in [3.8, 4) is 11.5 Å². The topological polar surface area (TPSA) is 54.0 Å². The summed E-state index contributed by atoms with van der Waals surface area (Å²) < 4.78 is 10.9. The van der Waals surface area contributed by atoms with Gasteiger partial charge in [-0.2, -0.15) is 0 Å². The van der Waals surface area contributed by atoms with Crippen molar-refractivity contribution in [3.05, 3.63) is 18.2 Å². The molecule has 2 heterocycles. The van der Waals surface area contributed by atoms with Gasteiger partial charge in [0.2, 0.25) is 0 Å². The Morgan fingerprint density at radius 2 is 2.04 bits per heavy atom. The summed E-state index contributed by atoms with van der Waals surface area (Å²) in [4.78, 5) is 17.0. The van der Waals surface area contributed by atoms with E-state index in [0.717, 1.165) is 25.2 Å². The van der Waals surface area contributed by atoms with Crippen LogP contribution in [0.25, 0.3) is 0 Å². The van der Waals surface area contributed by atoms with Gasteiger partial charge in [0.1, 0.15) is 0 Å². The van der Waals surface area contributed by atoms with E-state index in [4.69, 9.17) is 9.47 Å². The van der Waals surface area contributed by atoms with Gasteiger partial charge in [-0.15, -0.1) is 0 Å². The van der Waals surface area contributed by atoms with E-state index < -0.39 is 0 Å². The van der Waals surface area contributed by atoms with Crippen molar-refractivity contribution >= 4 is 11.7 Å². The van der Waals surface area contributed by atoms with Crippen LogP contribution in [0.2, 0.25) is 0 Å². The molecule has 2 atom stereocenters. The minimum Gasteiger partial charge on any atom is -0.493 e. The maximum atomic E-state index is 12.7. The van der Waals surface area contributed by atoms with Crippen molar-refractivity contribution in [2.75, 3.05) is 39.2 Å². The number of likely N-dealkylation sites (tertiary alicyclic amines) is 1. The molecule has 2 aliphatic heterocycles. The lowest BCUT2D eigenvalue weighted by Crippen LogP contribution is -2.41. The van der Waals surface area contributed by atoms with Crippen LogP contribution in [0.3, 0.4) is 0 Å². The van der Waals surface area contributed by atoms with Crippen LogP contribution in [0.15, 0.2) is 18.2 Å². The van der Waals surface area contributed by atoms with Crippen molar-refractivity contribution in [1.82, 2.24) is 9.80 Å². The minimum absolute atomic E-state index is 0.0384. The summed E-state index contributed by atoms with van der Waals surface area (Å²) in [5, 5.41) is 3.00. The molecular formula is C18H27N3O3. The first-order chi connectivity index (χ1) is 11.6. The monoisotopic (exact) mass is 333 g/mol. The van der Waals surface area contributed by atoms with Gasteiger partial charge in [-0.1, -0.05) is 0 Å². The Hall–Kier alpha value is -1.95. The van der Waals surface area contributed by atoms with Crippen molar-refractivity contribution in [2.45, 2.75) is 38.3 Å². The number of methoxy groups -OCH3 is 1. The van der Waals surface area contributed by atoms with E-state index >= 15 is 0 Å². The molecule has 0 aliphatic carbocycles. The summed E-state index contributed by atoms with van der Waals surface area (Å²) in [6, 6.07) is 6.55. The first-order valence-corrected chi connectivity index (χ1v) is 8.71. The number of hydrogen-bond donors (Lipinski definition) is 1. The number of rotatable bonds is 4. The maximum Gasteiger partial charge on any atom is 0.321 e. The van der Waals surface area contributed by atoms with E-state index in [1.807, 2.05) is 30.0 Å². The smallest absolute Gasteiger partial charge is 0.321 e. The summed E-state index contributed by atoms with van der Waals surface area (Å²) in [5.74, 6) is 1.32. The average Bonchev–Trinajstić information content (AvgIpc) is 2.80. The summed E-state index contributed by atoms with van der Waals surface area (Å²) in [6.45, 7) is 4.09. The zero-order chi connectivity index (χ0) is 17.1. The Morgan fingerprint density at radius 3 is 2.79 bits per heavy atom. The molecule has 0 radical (unpaired) electrons. The van der Waals surface area contributed by atoms with Crippen LogP contribution >= 0.6 is 0 Å². The molecule has 132 valence electrons. The third-order valence-corrected chi connectivity index (χ3v) is 5.15. The van der Waals surface area contributed by atoms with Crippen LogP contribution in [0.4, 0.5) is 10.5 Å². The number of benzene rings is 1. The van der Waals surface area contributed by atoms with E-state index in [-0.39, 0.29) is 6.03 Å². The standard InChI is InChI=1S/C18H27N3O3/c1-4-24-17-11-13(5-8-16(17)23-3)19-18(22)21-10-9-14-6-7-15(12-21)20(14)2/h5,8,11,14-15H,4,6-7,9-10,12H2,1-3H3,(H,19,22). The van der Waals surface area contributed by atoms with E-state index in [0.29, 0.717) is 30.2 Å². The van der Waals surface area contributed by atoms with Crippen molar-refractivity contribution in [1.29, 1.82) is 0 Å². The van der Waals surface area contributed by atoms with Crippen molar-refractivity contribution < 1.29 is 14.3 Å². The number of carbonyl (C=O) groups is 1. The van der Waals surface area contributed by atoms with Gasteiger partial charge in [0.15, 0.2) is 11.5 Å². The van der Waals surface area contributed by atoms with Crippen molar-refractivity contribution in [2.24, 2.45) is 0 Å². The highest BCUT2D eigenvalue weighted by atomic mass is 16.5. The average molecular weight is 333 g/mol. The fourth-order valence-corrected chi connectivity index (χ4v) is 3.72. The highest BCUT2D eigenvalue weighted by Gasteiger charge is 2.35. The van der Waals surface area contributed by atoms with Crippen LogP contribution in [0.1, 0.15) is 26.2 Å². The lowest BCUT2D eigenvalue weighted by molar-refractivity contribution is 0.200. The van der Waals surface area contributed by atoms with E-state index in [1.165, 1.54) is 12.8 Å². The Labute approximate surface area is 143 Å². The number of urea groups is 1. The molecule has 1 aromatic rings. The number of nitrogens with zero attached hydrogens (tertiary/aromatic N) is 2. The third-order valence-electron chi connectivity index (χ3n) is 5.15. The van der Waals surface area contributed by atoms with E-state index in [2.05, 4.69) is 17.3 Å². The molecule has 2 saturated heterocycles. The molecule has 2 fully saturated rings. The van der Waals surface area contributed by atoms with Gasteiger partial charge in [0.25, 0.3) is 0 Å². The molecule has 2 aliphatic rings. The zero-order valence-electron chi connectivity index (χ0n) is 14.7. The first kappa shape index (κ1) is 16.9. The molecule has 2 bridgehead atoms. The van der Waals surface area contributed by atoms with Crippen LogP contribution in [-0.4, -0.2) is 61.8 Å². The van der Waals surface area contributed by atoms with Gasteiger partial charge in [-0.3, -0.25) is 4.90 Å². The molecule has 2 amide bonds. The molecule has 0 spiro atoms. The molecule has 6 heteroatoms. The molecule has 0 aromatic heterocycles. The van der Waals surface area contributed by atoms with Gasteiger partial charge >= 0.3 is 6.03 Å². The second-order valence-electron chi connectivity index (χ2n) is 6.51. The largest absolute Gasteiger partial charge is 0.493 e. The minimum atomic E-state index is -0.0384. The number of likely N-dealkylation sites (N-methyl/N-ethyl adjacent to an activating group) is 1. The highest BCUT2D eigenvalue weighted by molar-refractivity contribution is 5.89. The number of nitrogens with one attached hydrogen (secondary N) is 1. The predicted octanol–water partition coefficient (Wildman–Crippen LogP) is 2.79. The molecule has 3 rings (SSSR count). The number of fused-ring (bicyclic) bond motifs is 2. The highest BCUT2D eigenvalue weighted by Crippen LogP contribution is 2.31. The maximum absolute atomic E-state index is 12.7. The molecule has 0 saturated carbocycles. The number of hydrogen-bond acceptors (Lipinski definition) is 4. The first-order valence-electron chi connectivity index (χ1n) is 8.71. The summed E-state index contributed by atoms with van der Waals surface area (Å²) >= 11 is 0. The second-order valence-corrected chi connectivity index (χ2v) is 6.51. The zero-order valence-corrected chi connectivity index (χ0v) is 14.7. The van der Waals surface area contributed by atoms with E-state index in [1.54, 1.807) is 7.11 Å². The third kappa shape index (κ3) is 3.43. The van der Waals surface area contributed by atoms with Gasteiger partial charge in [0, 0.05) is 36.9 Å². The molecule has 2 unspecified atom stereocenters. The summed E-state index contributed by atoms with van der Waals surface area (Å²) in [6.07, 6.45) is 3.49. The normalized spacial score (nSPS) is 23.7. The Morgan fingerprint density at radius 1 is 1.25 bits per heavy atom. The lowest BCUT2D eigenvalue weighted by atomic mass is 10.1. The molecule has 1 N–H and O–H groups in total. The summed E-state index contributed by atoms with van der Waals surface area (Å²) in [5.41, 5.74) is 0.729. The number of carbonyl (C=O) groups excluding carboxylic acids is 1. The van der Waals surface area contributed by atoms with Gasteiger partial charge < -0.3 is 19.7 Å². The number of amides is 2. The van der Waals surface area contributed by atoms with Gasteiger partial charge in [-0.25, -0.2) is 4.79 Å². The Kier molecular flexibility index (Phi) is 5.14. The Bertz CT molecular complexity index is 593. The van der Waals surface area contributed by atoms with Crippen LogP contribution in [0.5, 0.6) is 11.5 Å². The molecular weight excluding hydrogens is 306 g/mol. The molecule has 24 heavy (non-hydrogen) atoms.